The number of rotatable bonds is 6. The van der Waals surface area contributed by atoms with E-state index in [-0.39, 0.29) is 0 Å². The molecule has 0 aliphatic carbocycles. The van der Waals surface area contributed by atoms with Crippen LogP contribution in [0.4, 0.5) is 0 Å². The lowest BCUT2D eigenvalue weighted by Crippen LogP contribution is -2.08. The summed E-state index contributed by atoms with van der Waals surface area (Å²) in [6.07, 6.45) is 3.76. The normalized spacial score (nSPS) is 12.2. The van der Waals surface area contributed by atoms with Gasteiger partial charge in [0, 0.05) is 16.0 Å². The number of aliphatic hydroxyl groups is 1. The quantitative estimate of drug-likeness (QED) is 0.318. The number of carbonyl (C=O) groups is 1. The van der Waals surface area contributed by atoms with E-state index in [1.807, 2.05) is 79.7 Å². The molecule has 4 nitrogen and oxygen atoms in total. The third-order valence-electron chi connectivity index (χ3n) is 5.55. The standard InChI is InChI=1S/C28H24ClNO3/c1-3-26(31)23-8-5-9-24(28(32)33-2)27(23)20-7-4-6-18(16-20)10-14-22-15-12-19-11-13-21(29)17-25(19)30-22/h4-17,26,31H,3H2,1-2H3. The second-order valence-electron chi connectivity index (χ2n) is 7.72. The van der Waals surface area contributed by atoms with Gasteiger partial charge in [-0.15, -0.1) is 0 Å². The van der Waals surface area contributed by atoms with E-state index in [2.05, 4.69) is 4.98 Å². The maximum absolute atomic E-state index is 12.5. The van der Waals surface area contributed by atoms with Crippen molar-refractivity contribution in [1.29, 1.82) is 0 Å². The van der Waals surface area contributed by atoms with Crippen LogP contribution in [0.1, 0.15) is 46.6 Å². The van der Waals surface area contributed by atoms with Gasteiger partial charge in [-0.05, 0) is 59.5 Å². The Morgan fingerprint density at radius 2 is 1.85 bits per heavy atom. The zero-order valence-electron chi connectivity index (χ0n) is 18.5. The van der Waals surface area contributed by atoms with E-state index < -0.39 is 12.1 Å². The largest absolute Gasteiger partial charge is 0.465 e. The first-order valence-electron chi connectivity index (χ1n) is 10.7. The summed E-state index contributed by atoms with van der Waals surface area (Å²) in [5.74, 6) is -0.435. The predicted molar refractivity (Wildman–Crippen MR) is 134 cm³/mol. The number of ether oxygens (including phenoxy) is 1. The molecule has 0 radical (unpaired) electrons. The third kappa shape index (κ3) is 4.98. The Morgan fingerprint density at radius 1 is 1.06 bits per heavy atom. The van der Waals surface area contributed by atoms with Crippen LogP contribution in [0.3, 0.4) is 0 Å². The highest BCUT2D eigenvalue weighted by molar-refractivity contribution is 6.31. The molecule has 0 saturated carbocycles. The topological polar surface area (TPSA) is 59.4 Å². The van der Waals surface area contributed by atoms with Gasteiger partial charge in [0.15, 0.2) is 0 Å². The molecule has 1 N–H and O–H groups in total. The Bertz CT molecular complexity index is 1350. The third-order valence-corrected chi connectivity index (χ3v) is 5.78. The molecule has 33 heavy (non-hydrogen) atoms. The van der Waals surface area contributed by atoms with Crippen LogP contribution in [-0.2, 0) is 4.74 Å². The Balaban J connectivity index is 1.74. The molecule has 0 bridgehead atoms. The van der Waals surface area contributed by atoms with Crippen molar-refractivity contribution in [3.8, 4) is 11.1 Å². The van der Waals surface area contributed by atoms with Crippen molar-refractivity contribution in [3.63, 3.8) is 0 Å². The Morgan fingerprint density at radius 3 is 2.64 bits per heavy atom. The van der Waals surface area contributed by atoms with Crippen LogP contribution in [0, 0.1) is 0 Å². The second kappa shape index (κ2) is 9.99. The van der Waals surface area contributed by atoms with Crippen LogP contribution >= 0.6 is 11.6 Å². The second-order valence-corrected chi connectivity index (χ2v) is 8.15. The summed E-state index contributed by atoms with van der Waals surface area (Å²) >= 11 is 6.10. The fourth-order valence-electron chi connectivity index (χ4n) is 3.85. The number of esters is 1. The molecule has 1 atom stereocenters. The van der Waals surface area contributed by atoms with Gasteiger partial charge in [0.25, 0.3) is 0 Å². The van der Waals surface area contributed by atoms with Crippen molar-refractivity contribution in [2.24, 2.45) is 0 Å². The Kier molecular flexibility index (Phi) is 6.87. The van der Waals surface area contributed by atoms with Gasteiger partial charge < -0.3 is 9.84 Å². The highest BCUT2D eigenvalue weighted by Crippen LogP contribution is 2.34. The van der Waals surface area contributed by atoms with Crippen molar-refractivity contribution in [2.45, 2.75) is 19.4 Å². The van der Waals surface area contributed by atoms with Gasteiger partial charge in [-0.25, -0.2) is 9.78 Å². The van der Waals surface area contributed by atoms with E-state index in [4.69, 9.17) is 16.3 Å². The van der Waals surface area contributed by atoms with Crippen LogP contribution in [0.15, 0.2) is 72.8 Å². The van der Waals surface area contributed by atoms with Crippen LogP contribution in [0.25, 0.3) is 34.2 Å². The molecule has 1 unspecified atom stereocenters. The number of hydrogen-bond acceptors (Lipinski definition) is 4. The number of methoxy groups -OCH3 is 1. The molecular formula is C28H24ClNO3. The molecule has 0 aliphatic heterocycles. The number of fused-ring (bicyclic) bond motifs is 1. The molecule has 0 saturated heterocycles. The average molecular weight is 458 g/mol. The van der Waals surface area contributed by atoms with Crippen molar-refractivity contribution < 1.29 is 14.6 Å². The summed E-state index contributed by atoms with van der Waals surface area (Å²) in [4.78, 5) is 17.1. The zero-order valence-corrected chi connectivity index (χ0v) is 19.2. The van der Waals surface area contributed by atoms with Crippen LogP contribution in [-0.4, -0.2) is 23.2 Å². The molecule has 0 amide bonds. The number of hydrogen-bond donors (Lipinski definition) is 1. The maximum Gasteiger partial charge on any atom is 0.338 e. The fraction of sp³-hybridized carbons (Fsp3) is 0.143. The van der Waals surface area contributed by atoms with E-state index in [1.165, 1.54) is 7.11 Å². The molecule has 1 aromatic heterocycles. The Hall–Kier alpha value is -3.47. The van der Waals surface area contributed by atoms with Crippen LogP contribution < -0.4 is 0 Å². The highest BCUT2D eigenvalue weighted by Gasteiger charge is 2.20. The fourth-order valence-corrected chi connectivity index (χ4v) is 4.01. The van der Waals surface area contributed by atoms with Gasteiger partial charge >= 0.3 is 5.97 Å². The molecule has 5 heteroatoms. The summed E-state index contributed by atoms with van der Waals surface area (Å²) < 4.78 is 4.99. The van der Waals surface area contributed by atoms with Gasteiger partial charge in [-0.2, -0.15) is 0 Å². The van der Waals surface area contributed by atoms with Gasteiger partial charge in [0.2, 0.25) is 0 Å². The van der Waals surface area contributed by atoms with Gasteiger partial charge in [-0.1, -0.05) is 67.1 Å². The molecule has 0 spiro atoms. The predicted octanol–water partition coefficient (Wildman–Crippen LogP) is 6.96. The molecule has 4 aromatic rings. The number of aliphatic hydroxyl groups excluding tert-OH is 1. The van der Waals surface area contributed by atoms with Gasteiger partial charge in [0.1, 0.15) is 0 Å². The molecule has 1 heterocycles. The van der Waals surface area contributed by atoms with E-state index in [0.29, 0.717) is 28.1 Å². The lowest BCUT2D eigenvalue weighted by atomic mass is 9.90. The Labute approximate surface area is 198 Å². The number of aromatic nitrogens is 1. The number of nitrogens with zero attached hydrogens (tertiary/aromatic N) is 1. The molecule has 0 aliphatic rings. The molecule has 166 valence electrons. The SMILES string of the molecule is CCC(O)c1cccc(C(=O)OC)c1-c1cccc(C=Cc2ccc3ccc(Cl)cc3n2)c1. The van der Waals surface area contributed by atoms with Gasteiger partial charge in [-0.3, -0.25) is 0 Å². The first-order chi connectivity index (χ1) is 16.0. The van der Waals surface area contributed by atoms with Crippen molar-refractivity contribution in [3.05, 3.63) is 100 Å². The minimum absolute atomic E-state index is 0.428. The number of carbonyl (C=O) groups excluding carboxylic acids is 1. The first-order valence-corrected chi connectivity index (χ1v) is 11.1. The average Bonchev–Trinajstić information content (AvgIpc) is 2.85. The van der Waals surface area contributed by atoms with Crippen molar-refractivity contribution >= 4 is 40.6 Å². The number of halogens is 1. The van der Waals surface area contributed by atoms with E-state index in [0.717, 1.165) is 27.7 Å². The highest BCUT2D eigenvalue weighted by atomic mass is 35.5. The zero-order chi connectivity index (χ0) is 23.4. The summed E-state index contributed by atoms with van der Waals surface area (Å²) in [5, 5.41) is 12.3. The van der Waals surface area contributed by atoms with Gasteiger partial charge in [0.05, 0.1) is 30.0 Å². The van der Waals surface area contributed by atoms with Crippen LogP contribution in [0.5, 0.6) is 0 Å². The van der Waals surface area contributed by atoms with Crippen LogP contribution in [0.2, 0.25) is 5.02 Å². The summed E-state index contributed by atoms with van der Waals surface area (Å²) in [6, 6.07) is 22.8. The molecule has 0 fully saturated rings. The number of pyridine rings is 1. The summed E-state index contributed by atoms with van der Waals surface area (Å²) in [7, 11) is 1.36. The summed E-state index contributed by atoms with van der Waals surface area (Å²) in [6.45, 7) is 1.90. The lowest BCUT2D eigenvalue weighted by Gasteiger charge is -2.18. The first kappa shape index (κ1) is 22.7. The van der Waals surface area contributed by atoms with Crippen molar-refractivity contribution in [2.75, 3.05) is 7.11 Å². The smallest absolute Gasteiger partial charge is 0.338 e. The number of benzene rings is 3. The molecular weight excluding hydrogens is 434 g/mol. The minimum Gasteiger partial charge on any atom is -0.465 e. The summed E-state index contributed by atoms with van der Waals surface area (Å²) in [5.41, 5.74) is 5.24. The molecule has 4 rings (SSSR count). The maximum atomic E-state index is 12.5. The van der Waals surface area contributed by atoms with E-state index in [1.54, 1.807) is 12.1 Å². The lowest BCUT2D eigenvalue weighted by molar-refractivity contribution is 0.0601. The van der Waals surface area contributed by atoms with E-state index in [9.17, 15) is 9.90 Å². The van der Waals surface area contributed by atoms with Crippen molar-refractivity contribution in [1.82, 2.24) is 4.98 Å². The van der Waals surface area contributed by atoms with E-state index >= 15 is 0 Å². The minimum atomic E-state index is -0.683. The monoisotopic (exact) mass is 457 g/mol. The molecule has 3 aromatic carbocycles.